The fraction of sp³-hybridized carbons (Fsp3) is 0.640. The number of rotatable bonds is 5. The molecule has 3 heterocycles. The molecular weight excluding hydrogens is 499 g/mol. The number of aliphatic carboxylic acids is 1. The molecule has 1 spiro atoms. The maximum Gasteiger partial charge on any atom is 0.490 e. The molecule has 36 heavy (non-hydrogen) atoms. The van der Waals surface area contributed by atoms with Gasteiger partial charge < -0.3 is 20.2 Å². The van der Waals surface area contributed by atoms with Crippen LogP contribution in [0.1, 0.15) is 38.7 Å². The van der Waals surface area contributed by atoms with E-state index in [1.54, 1.807) is 0 Å². The highest BCUT2D eigenvalue weighted by Gasteiger charge is 2.57. The maximum absolute atomic E-state index is 12.8. The zero-order valence-electron chi connectivity index (χ0n) is 20.5. The number of nitrogens with zero attached hydrogens (tertiary/aromatic N) is 2. The minimum Gasteiger partial charge on any atom is -0.475 e. The molecule has 0 saturated carbocycles. The number of hydrogen-bond donors (Lipinski definition) is 2. The summed E-state index contributed by atoms with van der Waals surface area (Å²) in [7, 11) is 0. The number of halogens is 4. The molecule has 1 aromatic carbocycles. The van der Waals surface area contributed by atoms with E-state index in [9.17, 15) is 22.8 Å². The van der Waals surface area contributed by atoms with Gasteiger partial charge in [0.1, 0.15) is 0 Å². The number of hydrogen-bond acceptors (Lipinski definition) is 4. The second kappa shape index (κ2) is 11.4. The highest BCUT2D eigenvalue weighted by molar-refractivity contribution is 6.31. The highest BCUT2D eigenvalue weighted by atomic mass is 35.5. The first-order valence-corrected chi connectivity index (χ1v) is 12.6. The summed E-state index contributed by atoms with van der Waals surface area (Å²) in [4.78, 5) is 38.8. The van der Waals surface area contributed by atoms with Crippen LogP contribution >= 0.6 is 11.6 Å². The summed E-state index contributed by atoms with van der Waals surface area (Å²) >= 11 is 6.22. The Morgan fingerprint density at radius 2 is 1.81 bits per heavy atom. The van der Waals surface area contributed by atoms with Crippen LogP contribution in [0.25, 0.3) is 0 Å². The Morgan fingerprint density at radius 1 is 1.19 bits per heavy atom. The summed E-state index contributed by atoms with van der Waals surface area (Å²) in [5.41, 5.74) is 0.750. The first-order valence-electron chi connectivity index (χ1n) is 12.2. The number of nitrogens with one attached hydrogen (secondary N) is 1. The van der Waals surface area contributed by atoms with Crippen molar-refractivity contribution in [3.63, 3.8) is 0 Å². The minimum atomic E-state index is -5.08. The van der Waals surface area contributed by atoms with E-state index in [4.69, 9.17) is 21.5 Å². The molecule has 7 nitrogen and oxygen atoms in total. The normalized spacial score (nSPS) is 23.3. The van der Waals surface area contributed by atoms with E-state index >= 15 is 0 Å². The number of amides is 2. The monoisotopic (exact) mass is 531 g/mol. The number of carbonyl (C=O) groups is 3. The van der Waals surface area contributed by atoms with Crippen molar-refractivity contribution >= 4 is 29.4 Å². The first-order chi connectivity index (χ1) is 16.8. The van der Waals surface area contributed by atoms with Crippen molar-refractivity contribution in [3.8, 4) is 0 Å². The van der Waals surface area contributed by atoms with Gasteiger partial charge in [0, 0.05) is 42.7 Å². The second-order valence-electron chi connectivity index (χ2n) is 10.3. The number of likely N-dealkylation sites (tertiary alicyclic amines) is 2. The van der Waals surface area contributed by atoms with Crippen molar-refractivity contribution < 1.29 is 32.7 Å². The fourth-order valence-corrected chi connectivity index (χ4v) is 5.53. The van der Waals surface area contributed by atoms with Crippen LogP contribution in [0.3, 0.4) is 0 Å². The smallest absolute Gasteiger partial charge is 0.475 e. The first kappa shape index (κ1) is 28.2. The molecule has 2 atom stereocenters. The molecule has 0 unspecified atom stereocenters. The van der Waals surface area contributed by atoms with Crippen molar-refractivity contribution in [1.29, 1.82) is 0 Å². The van der Waals surface area contributed by atoms with Crippen molar-refractivity contribution in [2.24, 2.45) is 17.8 Å². The topological polar surface area (TPSA) is 90.0 Å². The van der Waals surface area contributed by atoms with Crippen LogP contribution in [0.15, 0.2) is 24.3 Å². The van der Waals surface area contributed by atoms with Crippen LogP contribution in [-0.2, 0) is 20.8 Å². The van der Waals surface area contributed by atoms with Crippen molar-refractivity contribution in [3.05, 3.63) is 34.9 Å². The van der Waals surface area contributed by atoms with Gasteiger partial charge in [0.15, 0.2) is 0 Å². The summed E-state index contributed by atoms with van der Waals surface area (Å²) < 4.78 is 31.7. The molecule has 0 aromatic heterocycles. The molecule has 200 valence electrons. The Balaban J connectivity index is 0.000000454. The number of piperidine rings is 1. The lowest BCUT2D eigenvalue weighted by Crippen LogP contribution is -2.56. The van der Waals surface area contributed by atoms with E-state index in [0.29, 0.717) is 36.4 Å². The number of benzene rings is 1. The molecule has 4 rings (SSSR count). The molecule has 3 aliphatic heterocycles. The number of carbonyl (C=O) groups excluding carboxylic acids is 2. The van der Waals surface area contributed by atoms with Crippen molar-refractivity contribution in [1.82, 2.24) is 15.1 Å². The molecule has 0 radical (unpaired) electrons. The molecule has 3 aliphatic rings. The van der Waals surface area contributed by atoms with Crippen molar-refractivity contribution in [2.75, 3.05) is 32.7 Å². The van der Waals surface area contributed by atoms with Gasteiger partial charge in [-0.25, -0.2) is 4.79 Å². The molecule has 3 saturated heterocycles. The lowest BCUT2D eigenvalue weighted by Gasteiger charge is -2.43. The second-order valence-corrected chi connectivity index (χ2v) is 10.7. The van der Waals surface area contributed by atoms with E-state index in [2.05, 4.69) is 24.1 Å². The van der Waals surface area contributed by atoms with Gasteiger partial charge in [-0.1, -0.05) is 43.6 Å². The van der Waals surface area contributed by atoms with E-state index in [-0.39, 0.29) is 23.3 Å². The van der Waals surface area contributed by atoms with E-state index in [1.807, 2.05) is 29.2 Å². The number of carboxylic acids is 1. The molecule has 11 heteroatoms. The van der Waals surface area contributed by atoms with Crippen LogP contribution in [0.2, 0.25) is 5.02 Å². The summed E-state index contributed by atoms with van der Waals surface area (Å²) in [6.45, 7) is 8.89. The van der Waals surface area contributed by atoms with Crippen molar-refractivity contribution in [2.45, 2.75) is 51.2 Å². The Bertz CT molecular complexity index is 964. The fourth-order valence-electron chi connectivity index (χ4n) is 5.33. The van der Waals surface area contributed by atoms with Gasteiger partial charge in [0.05, 0.1) is 12.3 Å². The zero-order valence-corrected chi connectivity index (χ0v) is 21.2. The lowest BCUT2D eigenvalue weighted by molar-refractivity contribution is -0.192. The number of alkyl halides is 3. The summed E-state index contributed by atoms with van der Waals surface area (Å²) in [6, 6.07) is 7.54. The van der Waals surface area contributed by atoms with Crippen LogP contribution in [0.4, 0.5) is 13.2 Å². The third kappa shape index (κ3) is 6.70. The SMILES string of the molecule is CC(C)CCN1C[C@H]2C(=O)NC3(CCN(C(=O)Cc4ccccc4Cl)CC3)[C@H]2C1.O=C(O)C(F)(F)F. The van der Waals surface area contributed by atoms with Gasteiger partial charge in [0.2, 0.25) is 11.8 Å². The Morgan fingerprint density at radius 3 is 2.36 bits per heavy atom. The third-order valence-corrected chi connectivity index (χ3v) is 7.76. The Kier molecular flexibility index (Phi) is 8.93. The van der Waals surface area contributed by atoms with E-state index < -0.39 is 12.1 Å². The summed E-state index contributed by atoms with van der Waals surface area (Å²) in [5, 5.41) is 11.1. The van der Waals surface area contributed by atoms with E-state index in [0.717, 1.165) is 38.0 Å². The predicted molar refractivity (Wildman–Crippen MR) is 128 cm³/mol. The highest BCUT2D eigenvalue weighted by Crippen LogP contribution is 2.44. The van der Waals surface area contributed by atoms with E-state index in [1.165, 1.54) is 6.42 Å². The maximum atomic E-state index is 12.8. The van der Waals surface area contributed by atoms with Gasteiger partial charge in [-0.3, -0.25) is 9.59 Å². The average molecular weight is 532 g/mol. The van der Waals surface area contributed by atoms with Gasteiger partial charge in [-0.2, -0.15) is 13.2 Å². The third-order valence-electron chi connectivity index (χ3n) is 7.39. The van der Waals surface area contributed by atoms with Crippen LogP contribution in [-0.4, -0.2) is 77.1 Å². The zero-order chi connectivity index (χ0) is 26.7. The van der Waals surface area contributed by atoms with Crippen LogP contribution in [0, 0.1) is 17.8 Å². The predicted octanol–water partition coefficient (Wildman–Crippen LogP) is 3.60. The van der Waals surface area contributed by atoms with Gasteiger partial charge in [0.25, 0.3) is 0 Å². The molecule has 0 bridgehead atoms. The standard InChI is InChI=1S/C23H32ClN3O2.C2HF3O2/c1-16(2)7-10-26-14-18-19(15-26)23(25-22(18)29)8-11-27(12-9-23)21(28)13-17-5-3-4-6-20(17)24;3-2(4,5)1(6)7/h3-6,16,18-19H,7-15H2,1-2H3,(H,25,29);(H,6,7)/t18-,19+;/m1./s1. The van der Waals surface area contributed by atoms with Crippen LogP contribution < -0.4 is 5.32 Å². The van der Waals surface area contributed by atoms with Gasteiger partial charge in [-0.05, 0) is 43.4 Å². The summed E-state index contributed by atoms with van der Waals surface area (Å²) in [5.74, 6) is -1.23. The number of fused-ring (bicyclic) bond motifs is 2. The molecule has 1 aromatic rings. The Labute approximate surface area is 214 Å². The minimum absolute atomic E-state index is 0.118. The molecule has 0 aliphatic carbocycles. The average Bonchev–Trinajstić information content (AvgIpc) is 3.34. The quantitative estimate of drug-likeness (QED) is 0.606. The largest absolute Gasteiger partial charge is 0.490 e. The molecule has 2 N–H and O–H groups in total. The molecule has 3 fully saturated rings. The van der Waals surface area contributed by atoms with Gasteiger partial charge in [-0.15, -0.1) is 0 Å². The molecule has 2 amide bonds. The summed E-state index contributed by atoms with van der Waals surface area (Å²) in [6.07, 6.45) is -1.86. The molecular formula is C25H33ClF3N3O4. The van der Waals surface area contributed by atoms with Crippen LogP contribution in [0.5, 0.6) is 0 Å². The lowest BCUT2D eigenvalue weighted by atomic mass is 9.75. The Hall–Kier alpha value is -2.33. The number of carboxylic acid groups (broad SMARTS) is 1. The van der Waals surface area contributed by atoms with Gasteiger partial charge >= 0.3 is 12.1 Å².